The fourth-order valence-corrected chi connectivity index (χ4v) is 2.63. The summed E-state index contributed by atoms with van der Waals surface area (Å²) in [7, 11) is 0. The van der Waals surface area contributed by atoms with E-state index < -0.39 is 0 Å². The van der Waals surface area contributed by atoms with Gasteiger partial charge in [0, 0.05) is 18.4 Å². The lowest BCUT2D eigenvalue weighted by molar-refractivity contribution is -0.144. The minimum absolute atomic E-state index is 0.0298. The first kappa shape index (κ1) is 15.6. The lowest BCUT2D eigenvalue weighted by atomic mass is 10.0. The van der Waals surface area contributed by atoms with Crippen LogP contribution >= 0.6 is 0 Å². The van der Waals surface area contributed by atoms with Gasteiger partial charge in [-0.2, -0.15) is 0 Å². The molecule has 2 rings (SSSR count). The van der Waals surface area contributed by atoms with Gasteiger partial charge in [-0.05, 0) is 38.1 Å². The molecule has 0 radical (unpaired) electrons. The second kappa shape index (κ2) is 6.80. The summed E-state index contributed by atoms with van der Waals surface area (Å²) in [6.45, 7) is 4.94. The van der Waals surface area contributed by atoms with Crippen LogP contribution in [0.5, 0.6) is 0 Å². The molecular formula is C16H20FNO3. The number of ketones is 1. The molecule has 1 aliphatic rings. The first-order valence-corrected chi connectivity index (χ1v) is 7.16. The Morgan fingerprint density at radius 2 is 1.71 bits per heavy atom. The Morgan fingerprint density at radius 3 is 2.29 bits per heavy atom. The molecule has 5 heteroatoms. The van der Waals surface area contributed by atoms with Crippen molar-refractivity contribution in [3.8, 4) is 0 Å². The van der Waals surface area contributed by atoms with Gasteiger partial charge in [0.15, 0.2) is 5.78 Å². The van der Waals surface area contributed by atoms with Gasteiger partial charge in [-0.1, -0.05) is 0 Å². The van der Waals surface area contributed by atoms with Crippen LogP contribution in [0.2, 0.25) is 0 Å². The highest BCUT2D eigenvalue weighted by molar-refractivity contribution is 5.97. The third-order valence-corrected chi connectivity index (χ3v) is 3.69. The second-order valence-electron chi connectivity index (χ2n) is 5.47. The maximum atomic E-state index is 12.8. The van der Waals surface area contributed by atoms with Gasteiger partial charge in [0.1, 0.15) is 5.82 Å². The highest BCUT2D eigenvalue weighted by Crippen LogP contribution is 2.16. The summed E-state index contributed by atoms with van der Waals surface area (Å²) in [6, 6.07) is 5.46. The van der Waals surface area contributed by atoms with Gasteiger partial charge >= 0.3 is 0 Å². The highest BCUT2D eigenvalue weighted by Gasteiger charge is 2.29. The summed E-state index contributed by atoms with van der Waals surface area (Å²) in [5, 5.41) is 0. The largest absolute Gasteiger partial charge is 0.377 e. The van der Waals surface area contributed by atoms with Crippen molar-refractivity contribution in [2.75, 3.05) is 13.2 Å². The number of rotatable bonds is 4. The van der Waals surface area contributed by atoms with Crippen molar-refractivity contribution >= 4 is 11.7 Å². The maximum Gasteiger partial charge on any atom is 0.223 e. The van der Waals surface area contributed by atoms with Crippen molar-refractivity contribution in [1.82, 2.24) is 4.90 Å². The van der Waals surface area contributed by atoms with Crippen LogP contribution in [0.1, 0.15) is 37.0 Å². The molecule has 1 heterocycles. The van der Waals surface area contributed by atoms with Crippen LogP contribution < -0.4 is 0 Å². The van der Waals surface area contributed by atoms with Crippen molar-refractivity contribution in [2.45, 2.75) is 38.8 Å². The van der Waals surface area contributed by atoms with Crippen molar-refractivity contribution in [1.29, 1.82) is 0 Å². The lowest BCUT2D eigenvalue weighted by Crippen LogP contribution is -2.52. The minimum Gasteiger partial charge on any atom is -0.377 e. The molecule has 21 heavy (non-hydrogen) atoms. The predicted octanol–water partition coefficient (Wildman–Crippen LogP) is 2.42. The first-order valence-electron chi connectivity index (χ1n) is 7.16. The van der Waals surface area contributed by atoms with E-state index in [1.165, 1.54) is 24.3 Å². The van der Waals surface area contributed by atoms with Crippen LogP contribution in [0.4, 0.5) is 4.39 Å². The molecule has 2 atom stereocenters. The van der Waals surface area contributed by atoms with E-state index in [-0.39, 0.29) is 42.4 Å². The van der Waals surface area contributed by atoms with Gasteiger partial charge in [-0.15, -0.1) is 0 Å². The number of ether oxygens (including phenoxy) is 1. The Balaban J connectivity index is 1.91. The molecule has 4 nitrogen and oxygen atoms in total. The van der Waals surface area contributed by atoms with E-state index in [1.807, 2.05) is 13.8 Å². The van der Waals surface area contributed by atoms with E-state index in [2.05, 4.69) is 0 Å². The number of hydrogen-bond donors (Lipinski definition) is 0. The molecule has 1 saturated heterocycles. The molecule has 1 aliphatic heterocycles. The normalized spacial score (nSPS) is 22.1. The number of Topliss-reactive ketones (excluding diaryl/α,β-unsaturated/α-hetero) is 1. The average molecular weight is 293 g/mol. The minimum atomic E-state index is -0.376. The van der Waals surface area contributed by atoms with Crippen LogP contribution in [-0.2, 0) is 9.53 Å². The number of benzene rings is 1. The van der Waals surface area contributed by atoms with Crippen molar-refractivity contribution in [3.63, 3.8) is 0 Å². The Morgan fingerprint density at radius 1 is 1.14 bits per heavy atom. The van der Waals surface area contributed by atoms with E-state index in [4.69, 9.17) is 4.74 Å². The van der Waals surface area contributed by atoms with Crippen molar-refractivity contribution in [2.24, 2.45) is 0 Å². The van der Waals surface area contributed by atoms with E-state index in [0.717, 1.165) is 0 Å². The molecule has 0 saturated carbocycles. The molecule has 114 valence electrons. The standard InChI is InChI=1S/C16H20FNO3/c1-11-9-21-10-12(2)18(11)16(20)8-7-15(19)13-3-5-14(17)6-4-13/h3-6,11-12H,7-10H2,1-2H3. The molecule has 1 aromatic carbocycles. The van der Waals surface area contributed by atoms with Gasteiger partial charge in [0.05, 0.1) is 25.3 Å². The van der Waals surface area contributed by atoms with Crippen LogP contribution in [0, 0.1) is 5.82 Å². The van der Waals surface area contributed by atoms with Crippen LogP contribution in [0.3, 0.4) is 0 Å². The van der Waals surface area contributed by atoms with Gasteiger partial charge in [-0.3, -0.25) is 9.59 Å². The average Bonchev–Trinajstić information content (AvgIpc) is 2.45. The lowest BCUT2D eigenvalue weighted by Gasteiger charge is -2.38. The molecule has 0 aromatic heterocycles. The molecule has 1 amide bonds. The summed E-state index contributed by atoms with van der Waals surface area (Å²) in [5.74, 6) is -0.552. The van der Waals surface area contributed by atoms with E-state index in [9.17, 15) is 14.0 Å². The maximum absolute atomic E-state index is 12.8. The predicted molar refractivity (Wildman–Crippen MR) is 76.6 cm³/mol. The Labute approximate surface area is 123 Å². The summed E-state index contributed by atoms with van der Waals surface area (Å²) in [4.78, 5) is 26.0. The molecule has 0 aliphatic carbocycles. The molecule has 1 fully saturated rings. The first-order chi connectivity index (χ1) is 9.99. The fourth-order valence-electron chi connectivity index (χ4n) is 2.63. The summed E-state index contributed by atoms with van der Waals surface area (Å²) >= 11 is 0. The third kappa shape index (κ3) is 3.88. The summed E-state index contributed by atoms with van der Waals surface area (Å²) in [5.41, 5.74) is 0.437. The SMILES string of the molecule is CC1COCC(C)N1C(=O)CCC(=O)c1ccc(F)cc1. The zero-order chi connectivity index (χ0) is 15.4. The summed E-state index contributed by atoms with van der Waals surface area (Å²) in [6.07, 6.45) is 0.312. The van der Waals surface area contributed by atoms with Crippen LogP contribution in [-0.4, -0.2) is 41.9 Å². The number of hydrogen-bond acceptors (Lipinski definition) is 3. The molecule has 1 aromatic rings. The Kier molecular flexibility index (Phi) is 5.07. The van der Waals surface area contributed by atoms with Crippen molar-refractivity contribution in [3.05, 3.63) is 35.6 Å². The van der Waals surface area contributed by atoms with E-state index in [0.29, 0.717) is 18.8 Å². The van der Waals surface area contributed by atoms with Crippen LogP contribution in [0.25, 0.3) is 0 Å². The van der Waals surface area contributed by atoms with Gasteiger partial charge in [0.2, 0.25) is 5.91 Å². The van der Waals surface area contributed by atoms with E-state index in [1.54, 1.807) is 4.90 Å². The number of carbonyl (C=O) groups is 2. The Bertz CT molecular complexity index is 505. The number of carbonyl (C=O) groups excluding carboxylic acids is 2. The number of amides is 1. The number of halogens is 1. The second-order valence-corrected chi connectivity index (χ2v) is 5.47. The Hall–Kier alpha value is -1.75. The molecule has 0 bridgehead atoms. The van der Waals surface area contributed by atoms with Gasteiger partial charge < -0.3 is 9.64 Å². The third-order valence-electron chi connectivity index (χ3n) is 3.69. The topological polar surface area (TPSA) is 46.6 Å². The molecule has 0 spiro atoms. The van der Waals surface area contributed by atoms with Gasteiger partial charge in [-0.25, -0.2) is 4.39 Å². The van der Waals surface area contributed by atoms with Crippen LogP contribution in [0.15, 0.2) is 24.3 Å². The number of nitrogens with zero attached hydrogens (tertiary/aromatic N) is 1. The molecule has 0 N–H and O–H groups in total. The van der Waals surface area contributed by atoms with E-state index >= 15 is 0 Å². The van der Waals surface area contributed by atoms with Gasteiger partial charge in [0.25, 0.3) is 0 Å². The molecule has 2 unspecified atom stereocenters. The zero-order valence-electron chi connectivity index (χ0n) is 12.3. The van der Waals surface area contributed by atoms with Crippen molar-refractivity contribution < 1.29 is 18.7 Å². The highest BCUT2D eigenvalue weighted by atomic mass is 19.1. The fraction of sp³-hybridized carbons (Fsp3) is 0.500. The monoisotopic (exact) mass is 293 g/mol. The smallest absolute Gasteiger partial charge is 0.223 e. The molecular weight excluding hydrogens is 273 g/mol. The quantitative estimate of drug-likeness (QED) is 0.801. The summed E-state index contributed by atoms with van der Waals surface area (Å²) < 4.78 is 18.2. The zero-order valence-corrected chi connectivity index (χ0v) is 12.3. The number of morpholine rings is 1.